The Hall–Kier alpha value is -3.13. The van der Waals surface area contributed by atoms with E-state index in [1.54, 1.807) is 18.5 Å². The Bertz CT molecular complexity index is 933. The Morgan fingerprint density at radius 2 is 1.52 bits per heavy atom. The highest BCUT2D eigenvalue weighted by Gasteiger charge is 2.10. The molecular formula is C16H15ClN8. The number of aryl methyl sites for hydroxylation is 2. The summed E-state index contributed by atoms with van der Waals surface area (Å²) >= 11 is 5.99. The van der Waals surface area contributed by atoms with Crippen LogP contribution in [0.2, 0.25) is 5.02 Å². The van der Waals surface area contributed by atoms with Crippen molar-refractivity contribution in [3.63, 3.8) is 0 Å². The number of nitrogens with zero attached hydrogens (tertiary/aromatic N) is 6. The van der Waals surface area contributed by atoms with Crippen LogP contribution in [0.3, 0.4) is 0 Å². The third-order valence-electron chi connectivity index (χ3n) is 3.25. The van der Waals surface area contributed by atoms with Gasteiger partial charge in [0, 0.05) is 18.1 Å². The van der Waals surface area contributed by atoms with E-state index in [0.29, 0.717) is 10.7 Å². The van der Waals surface area contributed by atoms with Crippen LogP contribution in [0.15, 0.2) is 43.2 Å². The number of rotatable bonds is 2. The van der Waals surface area contributed by atoms with Crippen molar-refractivity contribution in [3.8, 4) is 22.8 Å². The topological polar surface area (TPSA) is 109 Å². The number of aromatic nitrogens is 8. The number of H-pyrrole nitrogens is 2. The van der Waals surface area contributed by atoms with Crippen LogP contribution in [0, 0.1) is 13.8 Å². The first kappa shape index (κ1) is 16.7. The molecule has 2 N–H and O–H groups in total. The predicted octanol–water partition coefficient (Wildman–Crippen LogP) is 3.00. The third-order valence-corrected chi connectivity index (χ3v) is 3.71. The Morgan fingerprint density at radius 3 is 2.00 bits per heavy atom. The lowest BCUT2D eigenvalue weighted by atomic mass is 10.3. The minimum atomic E-state index is 0.610. The maximum atomic E-state index is 5.99. The minimum absolute atomic E-state index is 0.610. The van der Waals surface area contributed by atoms with E-state index < -0.39 is 0 Å². The first-order chi connectivity index (χ1) is 12.1. The molecule has 0 saturated carbocycles. The fourth-order valence-electron chi connectivity index (χ4n) is 2.01. The van der Waals surface area contributed by atoms with Gasteiger partial charge in [-0.2, -0.15) is 10.2 Å². The molecule has 0 aliphatic heterocycles. The quantitative estimate of drug-likeness (QED) is 0.572. The zero-order chi connectivity index (χ0) is 17.6. The minimum Gasteiger partial charge on any atom is -0.282 e. The molecule has 0 unspecified atom stereocenters. The fraction of sp³-hybridized carbons (Fsp3) is 0.125. The van der Waals surface area contributed by atoms with Gasteiger partial charge in [0.15, 0.2) is 0 Å². The first-order valence-corrected chi connectivity index (χ1v) is 7.78. The third kappa shape index (κ3) is 4.04. The normalized spacial score (nSPS) is 10.2. The summed E-state index contributed by atoms with van der Waals surface area (Å²) in [7, 11) is 0. The maximum Gasteiger partial charge on any atom is 0.129 e. The summed E-state index contributed by atoms with van der Waals surface area (Å²) < 4.78 is 0. The molecule has 4 heterocycles. The lowest BCUT2D eigenvalue weighted by Gasteiger charge is -1.93. The zero-order valence-electron chi connectivity index (χ0n) is 13.6. The number of aromatic amines is 2. The maximum absolute atomic E-state index is 5.99. The van der Waals surface area contributed by atoms with Gasteiger partial charge >= 0.3 is 0 Å². The summed E-state index contributed by atoms with van der Waals surface area (Å²) in [6.45, 7) is 3.82. The number of nitrogens with one attached hydrogen (secondary N) is 2. The van der Waals surface area contributed by atoms with Gasteiger partial charge in [0.25, 0.3) is 0 Å². The summed E-state index contributed by atoms with van der Waals surface area (Å²) in [5.41, 5.74) is 4.97. The smallest absolute Gasteiger partial charge is 0.129 e. The molecule has 0 aliphatic rings. The first-order valence-electron chi connectivity index (χ1n) is 7.40. The lowest BCUT2D eigenvalue weighted by Crippen LogP contribution is -1.84. The molecule has 0 bridgehead atoms. The van der Waals surface area contributed by atoms with Crippen LogP contribution >= 0.6 is 11.6 Å². The van der Waals surface area contributed by atoms with Crippen LogP contribution in [-0.4, -0.2) is 40.3 Å². The Morgan fingerprint density at radius 1 is 0.840 bits per heavy atom. The highest BCUT2D eigenvalue weighted by Crippen LogP contribution is 2.25. The SMILES string of the molecule is Cc1[nH]nc(-c2ccncn2)c1Cl.Cc1cc(-c2ccncn2)n[nH]1. The van der Waals surface area contributed by atoms with Gasteiger partial charge < -0.3 is 0 Å². The van der Waals surface area contributed by atoms with Gasteiger partial charge in [-0.05, 0) is 32.0 Å². The summed E-state index contributed by atoms with van der Waals surface area (Å²) in [5, 5.41) is 14.4. The molecule has 0 amide bonds. The highest BCUT2D eigenvalue weighted by atomic mass is 35.5. The number of hydrogen-bond donors (Lipinski definition) is 2. The van der Waals surface area contributed by atoms with Crippen LogP contribution < -0.4 is 0 Å². The van der Waals surface area contributed by atoms with Crippen molar-refractivity contribution in [1.82, 2.24) is 40.3 Å². The monoisotopic (exact) mass is 354 g/mol. The fourth-order valence-corrected chi connectivity index (χ4v) is 2.19. The van der Waals surface area contributed by atoms with E-state index in [-0.39, 0.29) is 0 Å². The second-order valence-corrected chi connectivity index (χ2v) is 5.51. The van der Waals surface area contributed by atoms with E-state index in [1.165, 1.54) is 12.7 Å². The molecule has 126 valence electrons. The van der Waals surface area contributed by atoms with Crippen LogP contribution in [0.4, 0.5) is 0 Å². The Labute approximate surface area is 148 Å². The van der Waals surface area contributed by atoms with Gasteiger partial charge in [-0.1, -0.05) is 11.6 Å². The van der Waals surface area contributed by atoms with Crippen molar-refractivity contribution < 1.29 is 0 Å². The summed E-state index contributed by atoms with van der Waals surface area (Å²) in [4.78, 5) is 15.8. The van der Waals surface area contributed by atoms with Crippen molar-refractivity contribution >= 4 is 11.6 Å². The van der Waals surface area contributed by atoms with Gasteiger partial charge in [-0.15, -0.1) is 0 Å². The van der Waals surface area contributed by atoms with Crippen LogP contribution in [0.5, 0.6) is 0 Å². The molecule has 8 nitrogen and oxygen atoms in total. The van der Waals surface area contributed by atoms with Crippen molar-refractivity contribution in [3.05, 3.63) is 59.7 Å². The summed E-state index contributed by atoms with van der Waals surface area (Å²) in [6.07, 6.45) is 6.34. The Balaban J connectivity index is 0.000000146. The van der Waals surface area contributed by atoms with Crippen LogP contribution in [0.1, 0.15) is 11.4 Å². The average molecular weight is 355 g/mol. The Kier molecular flexibility index (Phi) is 5.10. The lowest BCUT2D eigenvalue weighted by molar-refractivity contribution is 1.04. The second-order valence-electron chi connectivity index (χ2n) is 5.14. The van der Waals surface area contributed by atoms with Gasteiger partial charge in [-0.25, -0.2) is 19.9 Å². The molecule has 4 rings (SSSR count). The second kappa shape index (κ2) is 7.63. The van der Waals surface area contributed by atoms with Gasteiger partial charge in [0.1, 0.15) is 24.0 Å². The predicted molar refractivity (Wildman–Crippen MR) is 93.7 cm³/mol. The molecule has 4 aromatic heterocycles. The van der Waals surface area contributed by atoms with Crippen LogP contribution in [-0.2, 0) is 0 Å². The zero-order valence-corrected chi connectivity index (χ0v) is 14.4. The highest BCUT2D eigenvalue weighted by molar-refractivity contribution is 6.33. The summed E-state index contributed by atoms with van der Waals surface area (Å²) in [5.74, 6) is 0. The number of hydrogen-bond acceptors (Lipinski definition) is 6. The van der Waals surface area contributed by atoms with Gasteiger partial charge in [-0.3, -0.25) is 10.2 Å². The molecule has 0 saturated heterocycles. The molecule has 0 aliphatic carbocycles. The van der Waals surface area contributed by atoms with Gasteiger partial charge in [0.05, 0.1) is 22.1 Å². The largest absolute Gasteiger partial charge is 0.282 e. The molecule has 0 spiro atoms. The summed E-state index contributed by atoms with van der Waals surface area (Å²) in [6, 6.07) is 5.54. The molecular weight excluding hydrogens is 340 g/mol. The molecule has 4 aromatic rings. The molecule has 0 radical (unpaired) electrons. The van der Waals surface area contributed by atoms with Crippen molar-refractivity contribution in [2.75, 3.05) is 0 Å². The van der Waals surface area contributed by atoms with E-state index in [0.717, 1.165) is 28.5 Å². The molecule has 0 aromatic carbocycles. The van der Waals surface area contributed by atoms with E-state index in [9.17, 15) is 0 Å². The average Bonchev–Trinajstić information content (AvgIpc) is 3.23. The molecule has 0 atom stereocenters. The molecule has 0 fully saturated rings. The number of halogens is 1. The van der Waals surface area contributed by atoms with E-state index >= 15 is 0 Å². The molecule has 25 heavy (non-hydrogen) atoms. The van der Waals surface area contributed by atoms with Crippen molar-refractivity contribution in [2.24, 2.45) is 0 Å². The van der Waals surface area contributed by atoms with E-state index in [1.807, 2.05) is 26.0 Å². The molecule has 9 heteroatoms. The van der Waals surface area contributed by atoms with Gasteiger partial charge in [0.2, 0.25) is 0 Å². The van der Waals surface area contributed by atoms with Crippen LogP contribution in [0.25, 0.3) is 22.8 Å². The standard InChI is InChI=1S/C8H7ClN4.C8H8N4/c1-5-7(9)8(13-12-5)6-2-3-10-4-11-6;1-6-4-8(12-11-6)7-2-3-9-5-10-7/h2-4H,1H3,(H,12,13);2-5H,1H3,(H,11,12). The van der Waals surface area contributed by atoms with E-state index in [2.05, 4.69) is 40.3 Å². The van der Waals surface area contributed by atoms with E-state index in [4.69, 9.17) is 11.6 Å². The van der Waals surface area contributed by atoms with Crippen molar-refractivity contribution in [2.45, 2.75) is 13.8 Å². The van der Waals surface area contributed by atoms with Crippen molar-refractivity contribution in [1.29, 1.82) is 0 Å².